The number of aromatic nitrogens is 2. The Hall–Kier alpha value is -0.663. The molecule has 0 aliphatic heterocycles. The van der Waals surface area contributed by atoms with Crippen molar-refractivity contribution in [2.24, 2.45) is 7.05 Å². The minimum atomic E-state index is -1.65. The van der Waals surface area contributed by atoms with Crippen LogP contribution >= 0.6 is 22.6 Å². The molecule has 1 heterocycles. The Morgan fingerprint density at radius 3 is 2.50 bits per heavy atom. The van der Waals surface area contributed by atoms with Crippen molar-refractivity contribution in [1.29, 1.82) is 0 Å². The average Bonchev–Trinajstić information content (AvgIpc) is 2.89. The highest BCUT2D eigenvalue weighted by atomic mass is 127. The van der Waals surface area contributed by atoms with Gasteiger partial charge in [0.1, 0.15) is 5.82 Å². The van der Waals surface area contributed by atoms with Crippen molar-refractivity contribution in [1.82, 2.24) is 9.55 Å². The van der Waals surface area contributed by atoms with Crippen molar-refractivity contribution < 1.29 is 4.43 Å². The van der Waals surface area contributed by atoms with E-state index in [9.17, 15) is 0 Å². The molecule has 0 saturated heterocycles. The Kier molecular flexibility index (Phi) is 7.06. The van der Waals surface area contributed by atoms with Crippen LogP contribution in [0.15, 0.2) is 28.4 Å². The Balaban J connectivity index is 2.40. The standard InChI is InChI=1S/C19H29IN2OSi/c1-6-24(7-2,8-3)23-19(10-9-13-20)16-11-12-18-17(14-16)21-15(4)22(18)5/h9,11-14,19H,6-8,10H2,1-5H3/b13-9+/t19-/m1/s1. The van der Waals surface area contributed by atoms with Gasteiger partial charge in [0.15, 0.2) is 8.32 Å². The fourth-order valence-electron chi connectivity index (χ4n) is 3.27. The summed E-state index contributed by atoms with van der Waals surface area (Å²) in [5, 5.41) is 0. The van der Waals surface area contributed by atoms with Gasteiger partial charge in [-0.25, -0.2) is 4.98 Å². The fourth-order valence-corrected chi connectivity index (χ4v) is 6.40. The largest absolute Gasteiger partial charge is 0.410 e. The van der Waals surface area contributed by atoms with Crippen LogP contribution in [0.1, 0.15) is 44.7 Å². The zero-order chi connectivity index (χ0) is 17.7. The summed E-state index contributed by atoms with van der Waals surface area (Å²) in [5.41, 5.74) is 3.50. The van der Waals surface area contributed by atoms with E-state index in [4.69, 9.17) is 9.41 Å². The van der Waals surface area contributed by atoms with Crippen LogP contribution in [-0.4, -0.2) is 17.9 Å². The lowest BCUT2D eigenvalue weighted by atomic mass is 10.1. The summed E-state index contributed by atoms with van der Waals surface area (Å²) in [5.74, 6) is 1.05. The predicted octanol–water partition coefficient (Wildman–Crippen LogP) is 6.28. The van der Waals surface area contributed by atoms with Crippen LogP contribution in [0.25, 0.3) is 11.0 Å². The van der Waals surface area contributed by atoms with E-state index < -0.39 is 8.32 Å². The molecule has 0 aliphatic rings. The highest BCUT2D eigenvalue weighted by Crippen LogP contribution is 2.33. The third kappa shape index (κ3) is 4.11. The van der Waals surface area contributed by atoms with E-state index in [0.29, 0.717) is 0 Å². The maximum absolute atomic E-state index is 6.81. The van der Waals surface area contributed by atoms with Gasteiger partial charge in [0.25, 0.3) is 0 Å². The minimum absolute atomic E-state index is 0.134. The number of hydrogen-bond acceptors (Lipinski definition) is 2. The third-order valence-electron chi connectivity index (χ3n) is 5.26. The Morgan fingerprint density at radius 1 is 1.25 bits per heavy atom. The molecule has 1 atom stereocenters. The second-order valence-electron chi connectivity index (χ2n) is 6.41. The first kappa shape index (κ1) is 19.7. The molecule has 0 N–H and O–H groups in total. The van der Waals surface area contributed by atoms with Gasteiger partial charge in [-0.05, 0) is 53.3 Å². The summed E-state index contributed by atoms with van der Waals surface area (Å²) in [4.78, 5) is 4.69. The van der Waals surface area contributed by atoms with E-state index in [2.05, 4.69) is 90.3 Å². The van der Waals surface area contributed by atoms with Crippen molar-refractivity contribution in [3.63, 3.8) is 0 Å². The normalized spacial score (nSPS) is 13.9. The summed E-state index contributed by atoms with van der Waals surface area (Å²) >= 11 is 2.29. The van der Waals surface area contributed by atoms with Gasteiger partial charge in [0, 0.05) is 7.05 Å². The molecule has 0 amide bonds. The van der Waals surface area contributed by atoms with E-state index in [1.54, 1.807) is 0 Å². The quantitative estimate of drug-likeness (QED) is 0.345. The van der Waals surface area contributed by atoms with Crippen LogP contribution < -0.4 is 0 Å². The number of aryl methyl sites for hydroxylation is 2. The van der Waals surface area contributed by atoms with Crippen molar-refractivity contribution in [2.45, 2.75) is 58.4 Å². The maximum Gasteiger partial charge on any atom is 0.192 e. The van der Waals surface area contributed by atoms with Crippen LogP contribution in [0.5, 0.6) is 0 Å². The summed E-state index contributed by atoms with van der Waals surface area (Å²) in [7, 11) is 0.421. The molecule has 1 aromatic carbocycles. The molecule has 2 rings (SSSR count). The number of hydrogen-bond donors (Lipinski definition) is 0. The zero-order valence-electron chi connectivity index (χ0n) is 15.5. The molecule has 1 aromatic heterocycles. The average molecular weight is 456 g/mol. The van der Waals surface area contributed by atoms with E-state index in [1.807, 2.05) is 0 Å². The van der Waals surface area contributed by atoms with Gasteiger partial charge in [0.2, 0.25) is 0 Å². The summed E-state index contributed by atoms with van der Waals surface area (Å²) < 4.78 is 11.0. The Morgan fingerprint density at radius 2 is 1.92 bits per heavy atom. The van der Waals surface area contributed by atoms with Gasteiger partial charge >= 0.3 is 0 Å². The molecule has 2 aromatic rings. The Labute approximate surface area is 160 Å². The van der Waals surface area contributed by atoms with Crippen LogP contribution in [0.4, 0.5) is 0 Å². The maximum atomic E-state index is 6.81. The lowest BCUT2D eigenvalue weighted by Gasteiger charge is -2.33. The van der Waals surface area contributed by atoms with Crippen molar-refractivity contribution in [3.8, 4) is 0 Å². The molecule has 0 spiro atoms. The van der Waals surface area contributed by atoms with Gasteiger partial charge in [-0.15, -0.1) is 0 Å². The second-order valence-corrected chi connectivity index (χ2v) is 11.9. The lowest BCUT2D eigenvalue weighted by molar-refractivity contribution is 0.193. The van der Waals surface area contributed by atoms with Crippen molar-refractivity contribution >= 4 is 41.9 Å². The van der Waals surface area contributed by atoms with E-state index >= 15 is 0 Å². The van der Waals surface area contributed by atoms with E-state index in [0.717, 1.165) is 17.8 Å². The number of benzene rings is 1. The molecule has 0 saturated carbocycles. The third-order valence-corrected chi connectivity index (χ3v) is 10.4. The number of nitrogens with zero attached hydrogens (tertiary/aromatic N) is 2. The molecule has 0 radical (unpaired) electrons. The smallest absolute Gasteiger partial charge is 0.192 e. The molecular formula is C19H29IN2OSi. The molecule has 0 unspecified atom stereocenters. The molecule has 3 nitrogen and oxygen atoms in total. The lowest BCUT2D eigenvalue weighted by Crippen LogP contribution is -2.37. The predicted molar refractivity (Wildman–Crippen MR) is 114 cm³/mol. The topological polar surface area (TPSA) is 27.1 Å². The molecule has 132 valence electrons. The highest BCUT2D eigenvalue weighted by molar-refractivity contribution is 14.1. The second kappa shape index (κ2) is 8.63. The number of fused-ring (bicyclic) bond motifs is 1. The summed E-state index contributed by atoms with van der Waals surface area (Å²) in [6.45, 7) is 8.91. The van der Waals surface area contributed by atoms with Crippen molar-refractivity contribution in [3.05, 3.63) is 39.7 Å². The first-order valence-electron chi connectivity index (χ1n) is 8.86. The molecule has 5 heteroatoms. The summed E-state index contributed by atoms with van der Waals surface area (Å²) in [6.07, 6.45) is 3.27. The van der Waals surface area contributed by atoms with Gasteiger partial charge in [0.05, 0.1) is 17.1 Å². The molecule has 0 fully saturated rings. The zero-order valence-corrected chi connectivity index (χ0v) is 18.6. The van der Waals surface area contributed by atoms with Crippen LogP contribution in [-0.2, 0) is 11.5 Å². The van der Waals surface area contributed by atoms with Crippen LogP contribution in [0.2, 0.25) is 18.1 Å². The van der Waals surface area contributed by atoms with Crippen molar-refractivity contribution in [2.75, 3.05) is 0 Å². The SMILES string of the molecule is CC[Si](CC)(CC)O[C@H](C/C=C/I)c1ccc2c(c1)nc(C)n2C. The fraction of sp³-hybridized carbons (Fsp3) is 0.526. The Bertz CT molecular complexity index is 698. The van der Waals surface area contributed by atoms with E-state index in [-0.39, 0.29) is 6.10 Å². The van der Waals surface area contributed by atoms with Gasteiger partial charge in [-0.3, -0.25) is 0 Å². The number of halogens is 1. The number of imidazole rings is 1. The van der Waals surface area contributed by atoms with E-state index in [1.165, 1.54) is 29.2 Å². The first-order valence-corrected chi connectivity index (χ1v) is 12.6. The van der Waals surface area contributed by atoms with Gasteiger partial charge in [-0.2, -0.15) is 0 Å². The minimum Gasteiger partial charge on any atom is -0.410 e. The molecule has 24 heavy (non-hydrogen) atoms. The first-order chi connectivity index (χ1) is 11.5. The monoisotopic (exact) mass is 456 g/mol. The van der Waals surface area contributed by atoms with Crippen LogP contribution in [0.3, 0.4) is 0 Å². The molecule has 0 aliphatic carbocycles. The van der Waals surface area contributed by atoms with Gasteiger partial charge in [-0.1, -0.05) is 55.5 Å². The number of rotatable bonds is 8. The van der Waals surface area contributed by atoms with Crippen LogP contribution in [0, 0.1) is 6.92 Å². The highest BCUT2D eigenvalue weighted by Gasteiger charge is 2.32. The summed E-state index contributed by atoms with van der Waals surface area (Å²) in [6, 6.07) is 10.1. The molecule has 0 bridgehead atoms. The van der Waals surface area contributed by atoms with Gasteiger partial charge < -0.3 is 8.99 Å². The molecular weight excluding hydrogens is 427 g/mol.